The zero-order valence-electron chi connectivity index (χ0n) is 10.5. The Balaban J connectivity index is 1.95. The van der Waals surface area contributed by atoms with E-state index in [4.69, 9.17) is 4.74 Å². The zero-order valence-corrected chi connectivity index (χ0v) is 12.1. The van der Waals surface area contributed by atoms with Gasteiger partial charge in [0.2, 0.25) is 0 Å². The third kappa shape index (κ3) is 2.81. The molecule has 0 aliphatic heterocycles. The van der Waals surface area contributed by atoms with E-state index in [2.05, 4.69) is 22.9 Å². The lowest BCUT2D eigenvalue weighted by molar-refractivity contribution is -0.111. The fourth-order valence-electron chi connectivity index (χ4n) is 3.42. The summed E-state index contributed by atoms with van der Waals surface area (Å²) in [5, 5.41) is 1.03. The van der Waals surface area contributed by atoms with Crippen LogP contribution in [0.25, 0.3) is 0 Å². The fourth-order valence-corrected chi connectivity index (χ4v) is 4.11. The van der Waals surface area contributed by atoms with E-state index in [1.807, 2.05) is 0 Å². The number of halogens is 1. The van der Waals surface area contributed by atoms with Gasteiger partial charge in [0, 0.05) is 5.33 Å². The van der Waals surface area contributed by atoms with Crippen LogP contribution in [-0.4, -0.2) is 17.0 Å². The summed E-state index contributed by atoms with van der Waals surface area (Å²) in [6.45, 7) is 2.32. The molecule has 2 heteroatoms. The van der Waals surface area contributed by atoms with Gasteiger partial charge in [0.1, 0.15) is 0 Å². The Hall–Kier alpha value is 0.440. The molecule has 16 heavy (non-hydrogen) atoms. The van der Waals surface area contributed by atoms with Crippen molar-refractivity contribution in [1.82, 2.24) is 0 Å². The fraction of sp³-hybridized carbons (Fsp3) is 1.00. The molecule has 1 nitrogen and oxygen atoms in total. The summed E-state index contributed by atoms with van der Waals surface area (Å²) in [6, 6.07) is 0. The second-order valence-corrected chi connectivity index (χ2v) is 6.19. The Labute approximate surface area is 108 Å². The first-order valence-electron chi connectivity index (χ1n) is 7.03. The molecule has 2 atom stereocenters. The van der Waals surface area contributed by atoms with Crippen molar-refractivity contribution in [2.24, 2.45) is 5.92 Å². The molecular formula is C14H25BrO. The van der Waals surface area contributed by atoms with Crippen molar-refractivity contribution in [3.63, 3.8) is 0 Å². The lowest BCUT2D eigenvalue weighted by atomic mass is 9.84. The van der Waals surface area contributed by atoms with Crippen molar-refractivity contribution in [2.45, 2.75) is 76.4 Å². The number of hydrogen-bond donors (Lipinski definition) is 0. The van der Waals surface area contributed by atoms with Crippen LogP contribution in [0.1, 0.15) is 64.7 Å². The standard InChI is InChI=1S/C14H25BrO/c1-2-12-7-3-4-8-13(12)16-14(11-15)9-5-6-10-14/h12-13H,2-11H2,1H3. The first kappa shape index (κ1) is 12.9. The van der Waals surface area contributed by atoms with E-state index in [9.17, 15) is 0 Å². The Bertz CT molecular complexity index is 211. The Kier molecular flexibility index (Phi) is 4.72. The summed E-state index contributed by atoms with van der Waals surface area (Å²) in [4.78, 5) is 0. The molecule has 2 rings (SSSR count). The van der Waals surface area contributed by atoms with Gasteiger partial charge in [-0.15, -0.1) is 0 Å². The highest BCUT2D eigenvalue weighted by molar-refractivity contribution is 9.09. The van der Waals surface area contributed by atoms with Gasteiger partial charge in [-0.25, -0.2) is 0 Å². The van der Waals surface area contributed by atoms with E-state index in [0.717, 1.165) is 11.2 Å². The number of hydrogen-bond acceptors (Lipinski definition) is 1. The van der Waals surface area contributed by atoms with Crippen LogP contribution in [0.4, 0.5) is 0 Å². The minimum Gasteiger partial charge on any atom is -0.371 e. The van der Waals surface area contributed by atoms with Crippen LogP contribution in [0, 0.1) is 5.92 Å². The molecule has 0 aromatic rings. The van der Waals surface area contributed by atoms with Crippen LogP contribution >= 0.6 is 15.9 Å². The van der Waals surface area contributed by atoms with Gasteiger partial charge >= 0.3 is 0 Å². The van der Waals surface area contributed by atoms with Gasteiger partial charge in [-0.05, 0) is 31.6 Å². The maximum Gasteiger partial charge on any atom is 0.0782 e. The van der Waals surface area contributed by atoms with Crippen molar-refractivity contribution in [3.8, 4) is 0 Å². The van der Waals surface area contributed by atoms with E-state index in [0.29, 0.717) is 6.10 Å². The zero-order chi connectivity index (χ0) is 11.4. The molecule has 0 radical (unpaired) electrons. The summed E-state index contributed by atoms with van der Waals surface area (Å²) < 4.78 is 6.55. The van der Waals surface area contributed by atoms with E-state index in [-0.39, 0.29) is 5.60 Å². The van der Waals surface area contributed by atoms with Crippen LogP contribution < -0.4 is 0 Å². The average molecular weight is 289 g/mol. The SMILES string of the molecule is CCC1CCCCC1OC1(CBr)CCCC1. The Morgan fingerprint density at radius 2 is 1.81 bits per heavy atom. The van der Waals surface area contributed by atoms with E-state index in [1.54, 1.807) is 0 Å². The Morgan fingerprint density at radius 3 is 2.44 bits per heavy atom. The van der Waals surface area contributed by atoms with Gasteiger partial charge in [-0.3, -0.25) is 0 Å². The van der Waals surface area contributed by atoms with Gasteiger partial charge < -0.3 is 4.74 Å². The molecule has 2 aliphatic rings. The second kappa shape index (κ2) is 5.86. The number of rotatable bonds is 4. The van der Waals surface area contributed by atoms with Crippen LogP contribution in [0.3, 0.4) is 0 Å². The van der Waals surface area contributed by atoms with Crippen LogP contribution in [0.15, 0.2) is 0 Å². The van der Waals surface area contributed by atoms with Crippen molar-refractivity contribution < 1.29 is 4.74 Å². The van der Waals surface area contributed by atoms with Gasteiger partial charge in [-0.2, -0.15) is 0 Å². The minimum absolute atomic E-state index is 0.190. The molecule has 0 N–H and O–H groups in total. The molecule has 2 unspecified atom stereocenters. The first-order valence-corrected chi connectivity index (χ1v) is 8.15. The highest BCUT2D eigenvalue weighted by Gasteiger charge is 2.38. The number of alkyl halides is 1. The Morgan fingerprint density at radius 1 is 1.12 bits per heavy atom. The second-order valence-electron chi connectivity index (χ2n) is 5.63. The molecule has 0 amide bonds. The van der Waals surface area contributed by atoms with Crippen LogP contribution in [0.2, 0.25) is 0 Å². The maximum atomic E-state index is 6.55. The molecule has 2 aliphatic carbocycles. The normalized spacial score (nSPS) is 34.1. The monoisotopic (exact) mass is 288 g/mol. The summed E-state index contributed by atoms with van der Waals surface area (Å²) >= 11 is 3.68. The van der Waals surface area contributed by atoms with E-state index < -0.39 is 0 Å². The lowest BCUT2D eigenvalue weighted by Crippen LogP contribution is -2.40. The average Bonchev–Trinajstić information content (AvgIpc) is 2.79. The van der Waals surface area contributed by atoms with Crippen molar-refractivity contribution in [1.29, 1.82) is 0 Å². The summed E-state index contributed by atoms with van der Waals surface area (Å²) in [6.07, 6.45) is 12.6. The van der Waals surface area contributed by atoms with Gasteiger partial charge in [0.25, 0.3) is 0 Å². The molecule has 0 aromatic heterocycles. The maximum absolute atomic E-state index is 6.55. The van der Waals surface area contributed by atoms with Crippen LogP contribution in [0.5, 0.6) is 0 Å². The molecular weight excluding hydrogens is 264 g/mol. The summed E-state index contributed by atoms with van der Waals surface area (Å²) in [5.41, 5.74) is 0.190. The topological polar surface area (TPSA) is 9.23 Å². The van der Waals surface area contributed by atoms with Gasteiger partial charge in [0.05, 0.1) is 11.7 Å². The van der Waals surface area contributed by atoms with Crippen molar-refractivity contribution in [2.75, 3.05) is 5.33 Å². The molecule has 0 spiro atoms. The predicted octanol–water partition coefficient (Wildman–Crippen LogP) is 4.68. The molecule has 94 valence electrons. The lowest BCUT2D eigenvalue weighted by Gasteiger charge is -2.38. The largest absolute Gasteiger partial charge is 0.371 e. The quantitative estimate of drug-likeness (QED) is 0.683. The van der Waals surface area contributed by atoms with E-state index >= 15 is 0 Å². The van der Waals surface area contributed by atoms with Gasteiger partial charge in [-0.1, -0.05) is 55.0 Å². The van der Waals surface area contributed by atoms with E-state index in [1.165, 1.54) is 57.8 Å². The highest BCUT2D eigenvalue weighted by atomic mass is 79.9. The predicted molar refractivity (Wildman–Crippen MR) is 72.1 cm³/mol. The molecule has 0 saturated heterocycles. The first-order chi connectivity index (χ1) is 7.79. The highest BCUT2D eigenvalue weighted by Crippen LogP contribution is 2.40. The van der Waals surface area contributed by atoms with Crippen molar-refractivity contribution >= 4 is 15.9 Å². The van der Waals surface area contributed by atoms with Gasteiger partial charge in [0.15, 0.2) is 0 Å². The third-order valence-electron chi connectivity index (χ3n) is 4.52. The van der Waals surface area contributed by atoms with Crippen LogP contribution in [-0.2, 0) is 4.74 Å². The van der Waals surface area contributed by atoms with Crippen molar-refractivity contribution in [3.05, 3.63) is 0 Å². The number of ether oxygens (including phenoxy) is 1. The molecule has 0 bridgehead atoms. The smallest absolute Gasteiger partial charge is 0.0782 e. The summed E-state index contributed by atoms with van der Waals surface area (Å²) in [7, 11) is 0. The minimum atomic E-state index is 0.190. The third-order valence-corrected chi connectivity index (χ3v) is 5.55. The molecule has 0 aromatic carbocycles. The summed E-state index contributed by atoms with van der Waals surface area (Å²) in [5.74, 6) is 0.824. The molecule has 0 heterocycles. The molecule has 2 saturated carbocycles. The molecule has 2 fully saturated rings.